The van der Waals surface area contributed by atoms with Gasteiger partial charge in [0, 0.05) is 20.5 Å². The summed E-state index contributed by atoms with van der Waals surface area (Å²) >= 11 is 0. The Labute approximate surface area is 125 Å². The lowest BCUT2D eigenvalue weighted by molar-refractivity contribution is -0.213. The smallest absolute Gasteiger partial charge is 0.305 e. The number of ether oxygens (including phenoxy) is 1. The molecule has 0 aromatic carbocycles. The number of fused-ring (bicyclic) bond motifs is 1. The number of hydrogen-bond donors (Lipinski definition) is 0. The van der Waals surface area contributed by atoms with Gasteiger partial charge in [-0.1, -0.05) is 0 Å². The van der Waals surface area contributed by atoms with Crippen LogP contribution in [0.5, 0.6) is 0 Å². The van der Waals surface area contributed by atoms with Crippen LogP contribution in [0.25, 0.3) is 0 Å². The fourth-order valence-electron chi connectivity index (χ4n) is 2.93. The van der Waals surface area contributed by atoms with Crippen LogP contribution in [0.4, 0.5) is 0 Å². The van der Waals surface area contributed by atoms with Crippen molar-refractivity contribution in [2.75, 3.05) is 20.1 Å². The molecule has 0 saturated carbocycles. The van der Waals surface area contributed by atoms with Crippen molar-refractivity contribution in [2.24, 2.45) is 0 Å². The van der Waals surface area contributed by atoms with Crippen LogP contribution in [0.2, 0.25) is 19.6 Å². The molecule has 0 N–H and O–H groups in total. The maximum absolute atomic E-state index is 12.7. The highest BCUT2D eigenvalue weighted by Crippen LogP contribution is 2.39. The maximum atomic E-state index is 12.7. The van der Waals surface area contributed by atoms with Gasteiger partial charge in [-0.25, -0.2) is 0 Å². The minimum atomic E-state index is -1.97. The first-order chi connectivity index (χ1) is 9.58. The average Bonchev–Trinajstić information content (AvgIpc) is 2.64. The first kappa shape index (κ1) is 16.0. The molecule has 2 fully saturated rings. The van der Waals surface area contributed by atoms with Crippen molar-refractivity contribution < 1.29 is 23.5 Å². The van der Waals surface area contributed by atoms with E-state index in [0.29, 0.717) is 13.0 Å². The van der Waals surface area contributed by atoms with Crippen molar-refractivity contribution in [2.45, 2.75) is 44.8 Å². The third-order valence-electron chi connectivity index (χ3n) is 3.57. The van der Waals surface area contributed by atoms with E-state index in [2.05, 4.69) is 0 Å². The molecule has 7 nitrogen and oxygen atoms in total. The molecule has 2 heterocycles. The summed E-state index contributed by atoms with van der Waals surface area (Å²) in [6.07, 6.45) is -0.115. The molecular formula is C13H22N2O5Si. The molecule has 2 rings (SSSR count). The summed E-state index contributed by atoms with van der Waals surface area (Å²) in [6.45, 7) is 7.59. The van der Waals surface area contributed by atoms with E-state index in [4.69, 9.17) is 9.16 Å². The number of esters is 1. The predicted octanol–water partition coefficient (Wildman–Crippen LogP) is 0.170. The molecule has 1 unspecified atom stereocenters. The van der Waals surface area contributed by atoms with E-state index in [-0.39, 0.29) is 12.5 Å². The van der Waals surface area contributed by atoms with Gasteiger partial charge in [-0.3, -0.25) is 19.3 Å². The van der Waals surface area contributed by atoms with Gasteiger partial charge < -0.3 is 14.1 Å². The minimum absolute atomic E-state index is 0.00150. The summed E-state index contributed by atoms with van der Waals surface area (Å²) in [4.78, 5) is 39.1. The van der Waals surface area contributed by atoms with E-state index in [0.717, 1.165) is 0 Å². The van der Waals surface area contributed by atoms with Crippen molar-refractivity contribution in [3.8, 4) is 0 Å². The van der Waals surface area contributed by atoms with Crippen molar-refractivity contribution in [1.29, 1.82) is 0 Å². The molecule has 0 aromatic rings. The van der Waals surface area contributed by atoms with Gasteiger partial charge in [0.2, 0.25) is 5.91 Å². The van der Waals surface area contributed by atoms with Crippen LogP contribution in [0.1, 0.15) is 13.3 Å². The van der Waals surface area contributed by atoms with Crippen LogP contribution in [0.15, 0.2) is 0 Å². The second kappa shape index (κ2) is 5.10. The van der Waals surface area contributed by atoms with E-state index >= 15 is 0 Å². The summed E-state index contributed by atoms with van der Waals surface area (Å²) in [5, 5.41) is 0. The Bertz CT molecular complexity index is 489. The van der Waals surface area contributed by atoms with Crippen molar-refractivity contribution in [1.82, 2.24) is 9.80 Å². The summed E-state index contributed by atoms with van der Waals surface area (Å²) in [7, 11) is -0.436. The molecule has 2 atom stereocenters. The van der Waals surface area contributed by atoms with Crippen molar-refractivity contribution in [3.05, 3.63) is 0 Å². The van der Waals surface area contributed by atoms with Gasteiger partial charge in [0.05, 0.1) is 6.54 Å². The Morgan fingerprint density at radius 1 is 1.33 bits per heavy atom. The standard InChI is InChI=1S/C13H22N2O5Si/c1-9(16)19-13-10(20-21(3,4)5)6-7-15(13)11(17)8-14(2)12(13)18/h10H,6-8H2,1-5H3/t10-,13?/m0/s1. The molecule has 2 amide bonds. The molecule has 2 aliphatic heterocycles. The molecule has 0 spiro atoms. The van der Waals surface area contributed by atoms with Crippen molar-refractivity contribution in [3.63, 3.8) is 0 Å². The molecule has 118 valence electrons. The topological polar surface area (TPSA) is 76.2 Å². The Morgan fingerprint density at radius 3 is 2.48 bits per heavy atom. The Morgan fingerprint density at radius 2 is 1.95 bits per heavy atom. The number of piperazine rings is 1. The van der Waals surface area contributed by atoms with Gasteiger partial charge in [0.25, 0.3) is 11.6 Å². The van der Waals surface area contributed by atoms with Crippen LogP contribution >= 0.6 is 0 Å². The third kappa shape index (κ3) is 2.69. The zero-order valence-corrected chi connectivity index (χ0v) is 14.1. The van der Waals surface area contributed by atoms with Crippen LogP contribution in [-0.4, -0.2) is 67.9 Å². The number of hydrogen-bond acceptors (Lipinski definition) is 5. The summed E-state index contributed by atoms with van der Waals surface area (Å²) < 4.78 is 11.4. The van der Waals surface area contributed by atoms with Gasteiger partial charge in [-0.2, -0.15) is 0 Å². The number of likely N-dealkylation sites (N-methyl/N-ethyl adjacent to an activating group) is 1. The molecule has 2 saturated heterocycles. The molecule has 0 bridgehead atoms. The minimum Gasteiger partial charge on any atom is -0.426 e. The predicted molar refractivity (Wildman–Crippen MR) is 76.7 cm³/mol. The maximum Gasteiger partial charge on any atom is 0.305 e. The van der Waals surface area contributed by atoms with Crippen LogP contribution in [-0.2, 0) is 23.5 Å². The van der Waals surface area contributed by atoms with E-state index in [9.17, 15) is 14.4 Å². The van der Waals surface area contributed by atoms with Gasteiger partial charge in [0.15, 0.2) is 8.32 Å². The Kier molecular flexibility index (Phi) is 3.87. The first-order valence-corrected chi connectivity index (χ1v) is 10.4. The SMILES string of the molecule is CC(=O)OC12C(=O)N(C)CC(=O)N1CC[C@@H]2O[Si](C)(C)C. The van der Waals surface area contributed by atoms with E-state index in [1.807, 2.05) is 19.6 Å². The quantitative estimate of drug-likeness (QED) is 0.548. The highest BCUT2D eigenvalue weighted by molar-refractivity contribution is 6.69. The van der Waals surface area contributed by atoms with Crippen LogP contribution < -0.4 is 0 Å². The number of nitrogens with zero attached hydrogens (tertiary/aromatic N) is 2. The van der Waals surface area contributed by atoms with Crippen molar-refractivity contribution >= 4 is 26.1 Å². The fraction of sp³-hybridized carbons (Fsp3) is 0.769. The molecule has 21 heavy (non-hydrogen) atoms. The number of rotatable bonds is 3. The van der Waals surface area contributed by atoms with Crippen LogP contribution in [0, 0.1) is 0 Å². The van der Waals surface area contributed by atoms with Gasteiger partial charge in [-0.05, 0) is 26.1 Å². The summed E-state index contributed by atoms with van der Waals surface area (Å²) in [5.74, 6) is -1.21. The Balaban J connectivity index is 2.46. The van der Waals surface area contributed by atoms with Gasteiger partial charge in [0.1, 0.15) is 6.10 Å². The second-order valence-electron chi connectivity index (χ2n) is 6.50. The highest BCUT2D eigenvalue weighted by atomic mass is 28.4. The lowest BCUT2D eigenvalue weighted by atomic mass is 10.0. The third-order valence-corrected chi connectivity index (χ3v) is 4.57. The monoisotopic (exact) mass is 314 g/mol. The highest BCUT2D eigenvalue weighted by Gasteiger charge is 2.64. The van der Waals surface area contributed by atoms with Gasteiger partial charge in [-0.15, -0.1) is 0 Å². The molecule has 0 aromatic heterocycles. The molecule has 8 heteroatoms. The first-order valence-electron chi connectivity index (χ1n) is 7.01. The average molecular weight is 314 g/mol. The largest absolute Gasteiger partial charge is 0.426 e. The summed E-state index contributed by atoms with van der Waals surface area (Å²) in [6, 6.07) is 0. The number of carbonyl (C=O) groups is 3. The zero-order chi connectivity index (χ0) is 16.0. The molecular weight excluding hydrogens is 292 g/mol. The normalized spacial score (nSPS) is 29.7. The number of carbonyl (C=O) groups excluding carboxylic acids is 3. The molecule has 0 radical (unpaired) electrons. The van der Waals surface area contributed by atoms with E-state index in [1.54, 1.807) is 0 Å². The van der Waals surface area contributed by atoms with Crippen LogP contribution in [0.3, 0.4) is 0 Å². The lowest BCUT2D eigenvalue weighted by Crippen LogP contribution is -2.70. The number of amides is 2. The second-order valence-corrected chi connectivity index (χ2v) is 11.0. The zero-order valence-electron chi connectivity index (χ0n) is 13.1. The van der Waals surface area contributed by atoms with E-state index in [1.165, 1.54) is 23.8 Å². The lowest BCUT2D eigenvalue weighted by Gasteiger charge is -2.46. The fourth-order valence-corrected chi connectivity index (χ4v) is 4.06. The Hall–Kier alpha value is -1.41. The van der Waals surface area contributed by atoms with Gasteiger partial charge >= 0.3 is 5.97 Å². The molecule has 2 aliphatic rings. The molecule has 0 aliphatic carbocycles. The van der Waals surface area contributed by atoms with E-state index < -0.39 is 32.0 Å². The summed E-state index contributed by atoms with van der Waals surface area (Å²) in [5.41, 5.74) is -1.63.